The van der Waals surface area contributed by atoms with Gasteiger partial charge in [-0.3, -0.25) is 14.3 Å². The number of halogens is 1. The lowest BCUT2D eigenvalue weighted by atomic mass is 10.1. The van der Waals surface area contributed by atoms with Gasteiger partial charge in [0.25, 0.3) is 0 Å². The van der Waals surface area contributed by atoms with Gasteiger partial charge in [0.05, 0.1) is 12.3 Å². The topological polar surface area (TPSA) is 54.3 Å². The van der Waals surface area contributed by atoms with Crippen LogP contribution in [0.15, 0.2) is 29.4 Å². The van der Waals surface area contributed by atoms with Crippen LogP contribution in [0.5, 0.6) is 0 Å². The van der Waals surface area contributed by atoms with Crippen molar-refractivity contribution in [2.24, 2.45) is 0 Å². The zero-order chi connectivity index (χ0) is 19.9. The first kappa shape index (κ1) is 20.8. The van der Waals surface area contributed by atoms with Crippen molar-refractivity contribution in [1.82, 2.24) is 24.6 Å². The molecule has 3 rings (SSSR count). The number of hydrogen-bond donors (Lipinski definition) is 0. The molecule has 0 bridgehead atoms. The minimum absolute atomic E-state index is 0.0845. The van der Waals surface area contributed by atoms with E-state index in [4.69, 9.17) is 0 Å². The fourth-order valence-corrected chi connectivity index (χ4v) is 4.33. The first-order valence-corrected chi connectivity index (χ1v) is 10.9. The molecular weight excluding hydrogens is 377 g/mol. The number of aromatic nitrogens is 3. The monoisotopic (exact) mass is 405 g/mol. The molecule has 0 saturated carbocycles. The second-order valence-electron chi connectivity index (χ2n) is 6.90. The molecule has 2 heterocycles. The molecule has 1 aromatic heterocycles. The molecule has 8 heteroatoms. The number of piperidine rings is 1. The quantitative estimate of drug-likeness (QED) is 0.631. The molecule has 1 saturated heterocycles. The molecule has 1 fully saturated rings. The van der Waals surface area contributed by atoms with Crippen molar-refractivity contribution in [3.05, 3.63) is 35.9 Å². The SMILES string of the molecule is CCN(CC)C(=O)CSc1nnc(CN2CCCCC2)n1-c1ccc(F)cc1. The summed E-state index contributed by atoms with van der Waals surface area (Å²) in [6.07, 6.45) is 3.67. The first-order chi connectivity index (χ1) is 13.6. The van der Waals surface area contributed by atoms with Gasteiger partial charge in [-0.25, -0.2) is 4.39 Å². The van der Waals surface area contributed by atoms with Crippen molar-refractivity contribution in [1.29, 1.82) is 0 Å². The summed E-state index contributed by atoms with van der Waals surface area (Å²) in [6, 6.07) is 6.34. The van der Waals surface area contributed by atoms with Gasteiger partial charge in [0.2, 0.25) is 5.91 Å². The summed E-state index contributed by atoms with van der Waals surface area (Å²) in [5, 5.41) is 9.42. The van der Waals surface area contributed by atoms with E-state index in [1.54, 1.807) is 17.0 Å². The number of nitrogens with zero attached hydrogens (tertiary/aromatic N) is 5. The van der Waals surface area contributed by atoms with Crippen molar-refractivity contribution < 1.29 is 9.18 Å². The van der Waals surface area contributed by atoms with Gasteiger partial charge in [0, 0.05) is 18.8 Å². The number of carbonyl (C=O) groups excluding carboxylic acids is 1. The van der Waals surface area contributed by atoms with E-state index in [-0.39, 0.29) is 11.7 Å². The Morgan fingerprint density at radius 1 is 1.11 bits per heavy atom. The number of rotatable bonds is 8. The Morgan fingerprint density at radius 2 is 1.79 bits per heavy atom. The minimum atomic E-state index is -0.277. The Bertz CT molecular complexity index is 769. The zero-order valence-electron chi connectivity index (χ0n) is 16.6. The van der Waals surface area contributed by atoms with E-state index < -0.39 is 0 Å². The highest BCUT2D eigenvalue weighted by atomic mass is 32.2. The van der Waals surface area contributed by atoms with E-state index in [9.17, 15) is 9.18 Å². The average molecular weight is 406 g/mol. The van der Waals surface area contributed by atoms with Crippen molar-refractivity contribution >= 4 is 17.7 Å². The van der Waals surface area contributed by atoms with E-state index in [0.717, 1.165) is 24.6 Å². The molecule has 0 radical (unpaired) electrons. The third-order valence-corrected chi connectivity index (χ3v) is 5.95. The molecule has 0 aliphatic carbocycles. The number of thioether (sulfide) groups is 1. The van der Waals surface area contributed by atoms with Crippen LogP contribution in [-0.4, -0.2) is 62.4 Å². The molecule has 1 aliphatic rings. The highest BCUT2D eigenvalue weighted by Gasteiger charge is 2.20. The number of hydrogen-bond acceptors (Lipinski definition) is 5. The van der Waals surface area contributed by atoms with E-state index in [2.05, 4.69) is 15.1 Å². The summed E-state index contributed by atoms with van der Waals surface area (Å²) in [7, 11) is 0. The van der Waals surface area contributed by atoms with Gasteiger partial charge in [-0.15, -0.1) is 10.2 Å². The normalized spacial score (nSPS) is 15.0. The number of likely N-dealkylation sites (tertiary alicyclic amines) is 1. The minimum Gasteiger partial charge on any atom is -0.343 e. The summed E-state index contributed by atoms with van der Waals surface area (Å²) in [5.74, 6) is 0.943. The number of amides is 1. The largest absolute Gasteiger partial charge is 0.343 e. The Hall–Kier alpha value is -1.93. The lowest BCUT2D eigenvalue weighted by Crippen LogP contribution is -2.32. The standard InChI is InChI=1S/C20H28FN5OS/c1-3-25(4-2)19(27)15-28-20-23-22-18(14-24-12-6-5-7-13-24)26(20)17-10-8-16(21)9-11-17/h8-11H,3-7,12-15H2,1-2H3. The molecule has 152 valence electrons. The molecule has 6 nitrogen and oxygen atoms in total. The predicted molar refractivity (Wildman–Crippen MR) is 109 cm³/mol. The van der Waals surface area contributed by atoms with E-state index >= 15 is 0 Å². The molecule has 1 aromatic carbocycles. The van der Waals surface area contributed by atoms with E-state index in [1.807, 2.05) is 18.4 Å². The van der Waals surface area contributed by atoms with Gasteiger partial charge in [0.1, 0.15) is 5.82 Å². The van der Waals surface area contributed by atoms with Crippen molar-refractivity contribution in [3.63, 3.8) is 0 Å². The van der Waals surface area contributed by atoms with Crippen LogP contribution < -0.4 is 0 Å². The second kappa shape index (κ2) is 10.0. The Morgan fingerprint density at radius 3 is 2.43 bits per heavy atom. The lowest BCUT2D eigenvalue weighted by molar-refractivity contribution is -0.127. The highest BCUT2D eigenvalue weighted by Crippen LogP contribution is 2.24. The number of carbonyl (C=O) groups is 1. The van der Waals surface area contributed by atoms with Gasteiger partial charge in [-0.1, -0.05) is 18.2 Å². The van der Waals surface area contributed by atoms with Crippen LogP contribution in [-0.2, 0) is 11.3 Å². The fourth-order valence-electron chi connectivity index (χ4n) is 3.46. The maximum absolute atomic E-state index is 13.4. The Kier molecular flexibility index (Phi) is 7.44. The van der Waals surface area contributed by atoms with Crippen LogP contribution in [0.25, 0.3) is 5.69 Å². The maximum Gasteiger partial charge on any atom is 0.233 e. The van der Waals surface area contributed by atoms with Gasteiger partial charge < -0.3 is 4.90 Å². The van der Waals surface area contributed by atoms with Crippen LogP contribution in [0.4, 0.5) is 4.39 Å². The Balaban J connectivity index is 1.82. The van der Waals surface area contributed by atoms with Gasteiger partial charge >= 0.3 is 0 Å². The molecular formula is C20H28FN5OS. The lowest BCUT2D eigenvalue weighted by Gasteiger charge is -2.26. The number of benzene rings is 1. The third kappa shape index (κ3) is 5.11. The summed E-state index contributed by atoms with van der Waals surface area (Å²) >= 11 is 1.38. The first-order valence-electron chi connectivity index (χ1n) is 9.95. The second-order valence-corrected chi connectivity index (χ2v) is 7.84. The molecule has 0 atom stereocenters. The maximum atomic E-state index is 13.4. The fraction of sp³-hybridized carbons (Fsp3) is 0.550. The summed E-state index contributed by atoms with van der Waals surface area (Å²) < 4.78 is 15.4. The average Bonchev–Trinajstić information content (AvgIpc) is 3.11. The van der Waals surface area contributed by atoms with E-state index in [1.165, 1.54) is 43.2 Å². The van der Waals surface area contributed by atoms with Crippen molar-refractivity contribution in [2.45, 2.75) is 44.8 Å². The van der Waals surface area contributed by atoms with Crippen molar-refractivity contribution in [3.8, 4) is 5.69 Å². The van der Waals surface area contributed by atoms with Crippen LogP contribution in [0.3, 0.4) is 0 Å². The molecule has 0 spiro atoms. The van der Waals surface area contributed by atoms with Crippen LogP contribution >= 0.6 is 11.8 Å². The van der Waals surface area contributed by atoms with Gasteiger partial charge in [-0.2, -0.15) is 0 Å². The zero-order valence-corrected chi connectivity index (χ0v) is 17.4. The third-order valence-electron chi connectivity index (χ3n) is 5.04. The summed E-state index contributed by atoms with van der Waals surface area (Å²) in [5.41, 5.74) is 0.816. The molecule has 1 aliphatic heterocycles. The van der Waals surface area contributed by atoms with Crippen LogP contribution in [0.1, 0.15) is 38.9 Å². The van der Waals surface area contributed by atoms with Gasteiger partial charge in [-0.05, 0) is 64.0 Å². The molecule has 28 heavy (non-hydrogen) atoms. The smallest absolute Gasteiger partial charge is 0.233 e. The summed E-state index contributed by atoms with van der Waals surface area (Å²) in [4.78, 5) is 16.6. The highest BCUT2D eigenvalue weighted by molar-refractivity contribution is 7.99. The molecule has 1 amide bonds. The van der Waals surface area contributed by atoms with Gasteiger partial charge in [0.15, 0.2) is 11.0 Å². The van der Waals surface area contributed by atoms with Crippen molar-refractivity contribution in [2.75, 3.05) is 31.9 Å². The predicted octanol–water partition coefficient (Wildman–Crippen LogP) is 3.35. The Labute approximate surface area is 170 Å². The molecule has 0 unspecified atom stereocenters. The van der Waals surface area contributed by atoms with Crippen LogP contribution in [0, 0.1) is 5.82 Å². The molecule has 2 aromatic rings. The molecule has 0 N–H and O–H groups in total. The van der Waals surface area contributed by atoms with Crippen LogP contribution in [0.2, 0.25) is 0 Å². The summed E-state index contributed by atoms with van der Waals surface area (Å²) in [6.45, 7) is 8.16. The van der Waals surface area contributed by atoms with E-state index in [0.29, 0.717) is 30.5 Å².